The topological polar surface area (TPSA) is 20.3 Å². The van der Waals surface area contributed by atoms with E-state index in [1.165, 1.54) is 11.8 Å². The molecule has 116 valence electrons. The third-order valence-corrected chi connectivity index (χ3v) is 5.39. The van der Waals surface area contributed by atoms with Gasteiger partial charge in [-0.05, 0) is 36.8 Å². The summed E-state index contributed by atoms with van der Waals surface area (Å²) in [6.45, 7) is 1.95. The number of anilines is 1. The number of carbonyl (C=O) groups excluding carboxylic acids is 1. The quantitative estimate of drug-likeness (QED) is 0.492. The fraction of sp³-hybridized carbons (Fsp3) is 0.0588. The number of hydrogen-bond donors (Lipinski definition) is 0. The summed E-state index contributed by atoms with van der Waals surface area (Å²) in [6, 6.07) is 12.9. The summed E-state index contributed by atoms with van der Waals surface area (Å²) in [4.78, 5) is 14.8. The smallest absolute Gasteiger partial charge is 0.268 e. The van der Waals surface area contributed by atoms with Gasteiger partial charge in [-0.3, -0.25) is 9.69 Å². The molecule has 1 heterocycles. The third kappa shape index (κ3) is 3.17. The van der Waals surface area contributed by atoms with Gasteiger partial charge < -0.3 is 0 Å². The molecule has 2 nitrogen and oxygen atoms in total. The van der Waals surface area contributed by atoms with Crippen LogP contribution in [0.4, 0.5) is 5.69 Å². The van der Waals surface area contributed by atoms with Crippen LogP contribution in [-0.4, -0.2) is 10.2 Å². The minimum atomic E-state index is -0.162. The van der Waals surface area contributed by atoms with Crippen LogP contribution in [0.5, 0.6) is 0 Å². The molecule has 3 rings (SSSR count). The number of thioether (sulfide) groups is 1. The van der Waals surface area contributed by atoms with Gasteiger partial charge in [0.25, 0.3) is 5.91 Å². The minimum Gasteiger partial charge on any atom is -0.268 e. The summed E-state index contributed by atoms with van der Waals surface area (Å²) in [5, 5.41) is 0.998. The Bertz CT molecular complexity index is 828. The number of nitrogens with zero attached hydrogens (tertiary/aromatic N) is 1. The molecular weight excluding hydrogens is 369 g/mol. The van der Waals surface area contributed by atoms with Crippen LogP contribution in [-0.2, 0) is 4.79 Å². The molecule has 1 amide bonds. The Morgan fingerprint density at radius 2 is 1.74 bits per heavy atom. The molecule has 0 aromatic heterocycles. The standard InChI is InChI=1S/C17H11Cl2NOS2/c1-10-5-2-3-8-14(10)20-16(21)15(23-17(20)22)9-11-12(18)6-4-7-13(11)19/h2-9H,1H3. The van der Waals surface area contributed by atoms with Crippen molar-refractivity contribution in [3.8, 4) is 0 Å². The number of halogens is 2. The summed E-state index contributed by atoms with van der Waals surface area (Å²) in [5.74, 6) is -0.162. The summed E-state index contributed by atoms with van der Waals surface area (Å²) in [5.41, 5.74) is 2.41. The molecule has 2 aromatic carbocycles. The van der Waals surface area contributed by atoms with E-state index < -0.39 is 0 Å². The Morgan fingerprint density at radius 3 is 2.39 bits per heavy atom. The van der Waals surface area contributed by atoms with Crippen molar-refractivity contribution < 1.29 is 4.79 Å². The van der Waals surface area contributed by atoms with Gasteiger partial charge in [0, 0.05) is 15.6 Å². The summed E-state index contributed by atoms with van der Waals surface area (Å²) in [6.07, 6.45) is 1.70. The Labute approximate surface area is 154 Å². The van der Waals surface area contributed by atoms with Crippen molar-refractivity contribution in [1.29, 1.82) is 0 Å². The number of aryl methyl sites for hydroxylation is 1. The largest absolute Gasteiger partial charge is 0.270 e. The summed E-state index contributed by atoms with van der Waals surface area (Å²) < 4.78 is 0.499. The Morgan fingerprint density at radius 1 is 1.09 bits per heavy atom. The van der Waals surface area contributed by atoms with Gasteiger partial charge in [-0.25, -0.2) is 0 Å². The molecule has 1 aliphatic heterocycles. The lowest BCUT2D eigenvalue weighted by Gasteiger charge is -2.16. The first-order chi connectivity index (χ1) is 11.0. The maximum atomic E-state index is 12.8. The second kappa shape index (κ2) is 6.65. The highest BCUT2D eigenvalue weighted by Gasteiger charge is 2.34. The average molecular weight is 380 g/mol. The molecule has 2 aromatic rings. The maximum Gasteiger partial charge on any atom is 0.270 e. The van der Waals surface area contributed by atoms with Crippen LogP contribution in [0.3, 0.4) is 0 Å². The van der Waals surface area contributed by atoms with Crippen molar-refractivity contribution in [2.24, 2.45) is 0 Å². The van der Waals surface area contributed by atoms with E-state index >= 15 is 0 Å². The first-order valence-electron chi connectivity index (χ1n) is 6.76. The predicted molar refractivity (Wildman–Crippen MR) is 103 cm³/mol. The van der Waals surface area contributed by atoms with Crippen molar-refractivity contribution >= 4 is 69.2 Å². The number of amides is 1. The first-order valence-corrected chi connectivity index (χ1v) is 8.74. The lowest BCUT2D eigenvalue weighted by molar-refractivity contribution is -0.113. The normalized spacial score (nSPS) is 16.5. The molecule has 0 spiro atoms. The van der Waals surface area contributed by atoms with Crippen molar-refractivity contribution in [3.63, 3.8) is 0 Å². The molecule has 0 aliphatic carbocycles. The van der Waals surface area contributed by atoms with Crippen LogP contribution < -0.4 is 4.90 Å². The molecule has 1 fully saturated rings. The Kier molecular flexibility index (Phi) is 4.78. The predicted octanol–water partition coefficient (Wildman–Crippen LogP) is 5.71. The number of rotatable bonds is 2. The van der Waals surface area contributed by atoms with Crippen molar-refractivity contribution in [3.05, 3.63) is 68.5 Å². The van der Waals surface area contributed by atoms with E-state index in [-0.39, 0.29) is 5.91 Å². The van der Waals surface area contributed by atoms with Gasteiger partial charge in [-0.1, -0.05) is 71.4 Å². The van der Waals surface area contributed by atoms with Crippen molar-refractivity contribution in [1.82, 2.24) is 0 Å². The molecular formula is C17H11Cl2NOS2. The van der Waals surface area contributed by atoms with Gasteiger partial charge >= 0.3 is 0 Å². The molecule has 0 atom stereocenters. The molecule has 1 saturated heterocycles. The van der Waals surface area contributed by atoms with Gasteiger partial charge in [0.05, 0.1) is 10.6 Å². The number of carbonyl (C=O) groups is 1. The molecule has 0 bridgehead atoms. The zero-order chi connectivity index (χ0) is 16.6. The van der Waals surface area contributed by atoms with Crippen LogP contribution in [0, 0.1) is 6.92 Å². The van der Waals surface area contributed by atoms with E-state index in [4.69, 9.17) is 35.4 Å². The van der Waals surface area contributed by atoms with E-state index in [1.54, 1.807) is 29.2 Å². The second-order valence-electron chi connectivity index (χ2n) is 4.94. The molecule has 0 N–H and O–H groups in total. The van der Waals surface area contributed by atoms with E-state index in [1.807, 2.05) is 31.2 Å². The van der Waals surface area contributed by atoms with Gasteiger partial charge in [0.15, 0.2) is 4.32 Å². The fourth-order valence-electron chi connectivity index (χ4n) is 2.27. The second-order valence-corrected chi connectivity index (χ2v) is 7.43. The lowest BCUT2D eigenvalue weighted by atomic mass is 10.1. The highest BCUT2D eigenvalue weighted by molar-refractivity contribution is 8.27. The monoisotopic (exact) mass is 379 g/mol. The van der Waals surface area contributed by atoms with Crippen LogP contribution in [0.25, 0.3) is 6.08 Å². The fourth-order valence-corrected chi connectivity index (χ4v) is 4.04. The first kappa shape index (κ1) is 16.5. The summed E-state index contributed by atoms with van der Waals surface area (Å²) in [7, 11) is 0. The maximum absolute atomic E-state index is 12.8. The zero-order valence-corrected chi connectivity index (χ0v) is 15.2. The Hall–Kier alpha value is -1.33. The van der Waals surface area contributed by atoms with E-state index in [0.29, 0.717) is 24.8 Å². The molecule has 6 heteroatoms. The SMILES string of the molecule is Cc1ccccc1N1C(=O)C(=Cc2c(Cl)cccc2Cl)SC1=S. The molecule has 0 radical (unpaired) electrons. The lowest BCUT2D eigenvalue weighted by Crippen LogP contribution is -2.28. The number of thiocarbonyl (C=S) groups is 1. The summed E-state index contributed by atoms with van der Waals surface area (Å²) >= 11 is 19.0. The van der Waals surface area contributed by atoms with Crippen LogP contribution in [0.2, 0.25) is 10.0 Å². The third-order valence-electron chi connectivity index (χ3n) is 3.43. The van der Waals surface area contributed by atoms with E-state index in [0.717, 1.165) is 11.3 Å². The average Bonchev–Trinajstić information content (AvgIpc) is 2.78. The Balaban J connectivity index is 2.02. The minimum absolute atomic E-state index is 0.162. The molecule has 0 saturated carbocycles. The van der Waals surface area contributed by atoms with Crippen molar-refractivity contribution in [2.45, 2.75) is 6.92 Å². The van der Waals surface area contributed by atoms with Gasteiger partial charge in [0.1, 0.15) is 0 Å². The van der Waals surface area contributed by atoms with Gasteiger partial charge in [-0.15, -0.1) is 0 Å². The molecule has 1 aliphatic rings. The van der Waals surface area contributed by atoms with Crippen LogP contribution >= 0.6 is 47.2 Å². The molecule has 23 heavy (non-hydrogen) atoms. The van der Waals surface area contributed by atoms with Crippen LogP contribution in [0.15, 0.2) is 47.4 Å². The number of benzene rings is 2. The van der Waals surface area contributed by atoms with Gasteiger partial charge in [0.2, 0.25) is 0 Å². The number of para-hydroxylation sites is 1. The highest BCUT2D eigenvalue weighted by Crippen LogP contribution is 2.38. The van der Waals surface area contributed by atoms with E-state index in [9.17, 15) is 4.79 Å². The molecule has 0 unspecified atom stereocenters. The highest BCUT2D eigenvalue weighted by atomic mass is 35.5. The van der Waals surface area contributed by atoms with Crippen LogP contribution in [0.1, 0.15) is 11.1 Å². The zero-order valence-electron chi connectivity index (χ0n) is 12.0. The number of hydrogen-bond acceptors (Lipinski definition) is 3. The van der Waals surface area contributed by atoms with Gasteiger partial charge in [-0.2, -0.15) is 0 Å². The van der Waals surface area contributed by atoms with Crippen molar-refractivity contribution in [2.75, 3.05) is 4.90 Å². The van der Waals surface area contributed by atoms with E-state index in [2.05, 4.69) is 0 Å².